The lowest BCUT2D eigenvalue weighted by molar-refractivity contribution is -0.145. The Kier molecular flexibility index (Phi) is 5.41. The Bertz CT molecular complexity index is 272. The molecule has 0 radical (unpaired) electrons. The van der Waals surface area contributed by atoms with Crippen molar-refractivity contribution in [2.45, 2.75) is 38.7 Å². The lowest BCUT2D eigenvalue weighted by atomic mass is 9.97. The second-order valence-corrected chi connectivity index (χ2v) is 4.58. The van der Waals surface area contributed by atoms with Gasteiger partial charge in [-0.05, 0) is 26.2 Å². The molecule has 1 amide bonds. The topological polar surface area (TPSA) is 66.8 Å². The summed E-state index contributed by atoms with van der Waals surface area (Å²) in [6.07, 6.45) is 2.43. The van der Waals surface area contributed by atoms with Gasteiger partial charge in [-0.2, -0.15) is 0 Å². The molecule has 1 fully saturated rings. The predicted molar refractivity (Wildman–Crippen MR) is 62.6 cm³/mol. The Labute approximate surface area is 102 Å². The van der Waals surface area contributed by atoms with Gasteiger partial charge in [0, 0.05) is 26.6 Å². The number of ether oxygens (including phenoxy) is 1. The number of piperidine rings is 1. The highest BCUT2D eigenvalue weighted by Crippen LogP contribution is 2.18. The first-order valence-corrected chi connectivity index (χ1v) is 6.08. The number of methoxy groups -OCH3 is 1. The van der Waals surface area contributed by atoms with Gasteiger partial charge in [0.15, 0.2) is 0 Å². The van der Waals surface area contributed by atoms with E-state index in [2.05, 4.69) is 0 Å². The Morgan fingerprint density at radius 1 is 1.41 bits per heavy atom. The zero-order chi connectivity index (χ0) is 12.8. The van der Waals surface area contributed by atoms with E-state index in [1.54, 1.807) is 12.0 Å². The van der Waals surface area contributed by atoms with E-state index in [1.807, 2.05) is 6.92 Å². The van der Waals surface area contributed by atoms with Crippen LogP contribution in [0.5, 0.6) is 0 Å². The fourth-order valence-electron chi connectivity index (χ4n) is 1.98. The molecule has 0 bridgehead atoms. The number of hydrogen-bond acceptors (Lipinski definition) is 3. The van der Waals surface area contributed by atoms with Gasteiger partial charge in [0.05, 0.1) is 12.0 Å². The molecule has 17 heavy (non-hydrogen) atoms. The second kappa shape index (κ2) is 6.59. The van der Waals surface area contributed by atoms with Gasteiger partial charge in [-0.1, -0.05) is 0 Å². The molecule has 1 atom stereocenters. The molecule has 1 N–H and O–H groups in total. The molecule has 1 heterocycles. The van der Waals surface area contributed by atoms with Crippen molar-refractivity contribution in [3.8, 4) is 0 Å². The number of carboxylic acids is 1. The SMILES string of the molecule is COC(C)CCC(=O)N1CCC(C(=O)O)CC1. The number of carbonyl (C=O) groups excluding carboxylic acids is 1. The standard InChI is InChI=1S/C12H21NO4/c1-9(17-2)3-4-11(14)13-7-5-10(6-8-13)12(15)16/h9-10H,3-8H2,1-2H3,(H,15,16). The highest BCUT2D eigenvalue weighted by molar-refractivity contribution is 5.77. The van der Waals surface area contributed by atoms with Gasteiger partial charge in [-0.3, -0.25) is 9.59 Å². The van der Waals surface area contributed by atoms with Gasteiger partial charge >= 0.3 is 5.97 Å². The van der Waals surface area contributed by atoms with Crippen molar-refractivity contribution in [1.82, 2.24) is 4.90 Å². The van der Waals surface area contributed by atoms with Crippen LogP contribution in [0.25, 0.3) is 0 Å². The first-order chi connectivity index (χ1) is 8.04. The van der Waals surface area contributed by atoms with Gasteiger partial charge in [-0.25, -0.2) is 0 Å². The van der Waals surface area contributed by atoms with Crippen LogP contribution in [0.4, 0.5) is 0 Å². The number of hydrogen-bond donors (Lipinski definition) is 1. The van der Waals surface area contributed by atoms with E-state index in [-0.39, 0.29) is 17.9 Å². The van der Waals surface area contributed by atoms with E-state index < -0.39 is 5.97 Å². The fourth-order valence-corrected chi connectivity index (χ4v) is 1.98. The van der Waals surface area contributed by atoms with Crippen LogP contribution in [-0.2, 0) is 14.3 Å². The average molecular weight is 243 g/mol. The number of carboxylic acid groups (broad SMARTS) is 1. The second-order valence-electron chi connectivity index (χ2n) is 4.58. The van der Waals surface area contributed by atoms with E-state index in [0.29, 0.717) is 38.8 Å². The maximum atomic E-state index is 11.8. The molecule has 0 aromatic heterocycles. The number of rotatable bonds is 5. The Hall–Kier alpha value is -1.10. The number of amides is 1. The van der Waals surface area contributed by atoms with Crippen molar-refractivity contribution in [3.63, 3.8) is 0 Å². The van der Waals surface area contributed by atoms with Gasteiger partial charge in [-0.15, -0.1) is 0 Å². The summed E-state index contributed by atoms with van der Waals surface area (Å²) in [6, 6.07) is 0. The molecule has 0 saturated carbocycles. The lowest BCUT2D eigenvalue weighted by Gasteiger charge is -2.30. The summed E-state index contributed by atoms with van der Waals surface area (Å²) in [5.74, 6) is -0.917. The average Bonchev–Trinajstić information content (AvgIpc) is 2.35. The van der Waals surface area contributed by atoms with E-state index in [0.717, 1.165) is 0 Å². The molecule has 0 aromatic rings. The number of aliphatic carboxylic acids is 1. The van der Waals surface area contributed by atoms with Gasteiger partial charge in [0.1, 0.15) is 0 Å². The zero-order valence-electron chi connectivity index (χ0n) is 10.5. The molecule has 0 aromatic carbocycles. The number of carbonyl (C=O) groups is 2. The predicted octanol–water partition coefficient (Wildman–Crippen LogP) is 1.12. The highest BCUT2D eigenvalue weighted by Gasteiger charge is 2.26. The van der Waals surface area contributed by atoms with Crippen LogP contribution in [0.3, 0.4) is 0 Å². The third-order valence-corrected chi connectivity index (χ3v) is 3.36. The highest BCUT2D eigenvalue weighted by atomic mass is 16.5. The third-order valence-electron chi connectivity index (χ3n) is 3.36. The molecule has 0 aliphatic carbocycles. The van der Waals surface area contributed by atoms with E-state index in [4.69, 9.17) is 9.84 Å². The van der Waals surface area contributed by atoms with Gasteiger partial charge in [0.2, 0.25) is 5.91 Å². The van der Waals surface area contributed by atoms with Crippen molar-refractivity contribution >= 4 is 11.9 Å². The van der Waals surface area contributed by atoms with E-state index in [1.165, 1.54) is 0 Å². The van der Waals surface area contributed by atoms with E-state index >= 15 is 0 Å². The molecule has 5 heteroatoms. The van der Waals surface area contributed by atoms with Gasteiger partial charge in [0.25, 0.3) is 0 Å². The van der Waals surface area contributed by atoms with Crippen molar-refractivity contribution in [2.24, 2.45) is 5.92 Å². The van der Waals surface area contributed by atoms with Crippen LogP contribution >= 0.6 is 0 Å². The largest absolute Gasteiger partial charge is 0.481 e. The van der Waals surface area contributed by atoms with Crippen LogP contribution in [0.2, 0.25) is 0 Å². The number of likely N-dealkylation sites (tertiary alicyclic amines) is 1. The van der Waals surface area contributed by atoms with Crippen LogP contribution in [0.1, 0.15) is 32.6 Å². The van der Waals surface area contributed by atoms with Crippen LogP contribution < -0.4 is 0 Å². The normalized spacial score (nSPS) is 19.1. The summed E-state index contributed by atoms with van der Waals surface area (Å²) in [4.78, 5) is 24.3. The minimum atomic E-state index is -0.745. The summed E-state index contributed by atoms with van der Waals surface area (Å²) in [7, 11) is 1.63. The summed E-state index contributed by atoms with van der Waals surface area (Å²) in [5, 5.41) is 8.85. The van der Waals surface area contributed by atoms with Crippen molar-refractivity contribution < 1.29 is 19.4 Å². The monoisotopic (exact) mass is 243 g/mol. The maximum Gasteiger partial charge on any atom is 0.306 e. The van der Waals surface area contributed by atoms with Gasteiger partial charge < -0.3 is 14.7 Å². The molecule has 98 valence electrons. The summed E-state index contributed by atoms with van der Waals surface area (Å²) < 4.78 is 5.09. The summed E-state index contributed by atoms with van der Waals surface area (Å²) >= 11 is 0. The van der Waals surface area contributed by atoms with Crippen LogP contribution in [-0.4, -0.2) is 48.2 Å². The first-order valence-electron chi connectivity index (χ1n) is 6.08. The molecular weight excluding hydrogens is 222 g/mol. The molecular formula is C12H21NO4. The smallest absolute Gasteiger partial charge is 0.306 e. The molecule has 5 nitrogen and oxygen atoms in total. The van der Waals surface area contributed by atoms with Crippen LogP contribution in [0, 0.1) is 5.92 Å². The zero-order valence-corrected chi connectivity index (χ0v) is 10.5. The van der Waals surface area contributed by atoms with Crippen molar-refractivity contribution in [3.05, 3.63) is 0 Å². The van der Waals surface area contributed by atoms with Crippen molar-refractivity contribution in [1.29, 1.82) is 0 Å². The number of nitrogens with zero attached hydrogens (tertiary/aromatic N) is 1. The Balaban J connectivity index is 2.28. The third kappa shape index (κ3) is 4.34. The molecule has 1 unspecified atom stereocenters. The fraction of sp³-hybridized carbons (Fsp3) is 0.833. The minimum Gasteiger partial charge on any atom is -0.481 e. The first kappa shape index (κ1) is 14.0. The maximum absolute atomic E-state index is 11.8. The molecule has 0 spiro atoms. The molecule has 1 rings (SSSR count). The summed E-state index contributed by atoms with van der Waals surface area (Å²) in [6.45, 7) is 3.07. The molecule has 1 saturated heterocycles. The Morgan fingerprint density at radius 3 is 2.47 bits per heavy atom. The quantitative estimate of drug-likeness (QED) is 0.786. The Morgan fingerprint density at radius 2 is 2.00 bits per heavy atom. The minimum absolute atomic E-state index is 0.0931. The van der Waals surface area contributed by atoms with E-state index in [9.17, 15) is 9.59 Å². The summed E-state index contributed by atoms with van der Waals surface area (Å²) in [5.41, 5.74) is 0. The molecule has 1 aliphatic rings. The van der Waals surface area contributed by atoms with Crippen molar-refractivity contribution in [2.75, 3.05) is 20.2 Å². The molecule has 1 aliphatic heterocycles. The van der Waals surface area contributed by atoms with Crippen LogP contribution in [0.15, 0.2) is 0 Å². The lowest BCUT2D eigenvalue weighted by Crippen LogP contribution is -2.40.